The molecule has 0 fully saturated rings. The monoisotopic (exact) mass is 240 g/mol. The minimum absolute atomic E-state index is 0.0676. The molecule has 0 N–H and O–H groups in total. The van der Waals surface area contributed by atoms with E-state index in [0.717, 1.165) is 11.6 Å². The fourth-order valence-electron chi connectivity index (χ4n) is 1.68. The summed E-state index contributed by atoms with van der Waals surface area (Å²) in [5.41, 5.74) is 1.36. The number of hydrogen-bond acceptors (Lipinski definition) is 2. The van der Waals surface area contributed by atoms with E-state index in [0.29, 0.717) is 5.56 Å². The van der Waals surface area contributed by atoms with Gasteiger partial charge in [0, 0.05) is 0 Å². The standard InChI is InChI=1S/C12H13FO2S/c1-12(2,3)9-4-5-10-8(6-9)7-11(13)16(10,14)15/h4-7H,1-3H3. The lowest BCUT2D eigenvalue weighted by Gasteiger charge is -2.19. The third-order valence-electron chi connectivity index (χ3n) is 2.69. The Balaban J connectivity index is 2.65. The van der Waals surface area contributed by atoms with Crippen LogP contribution in [0.3, 0.4) is 0 Å². The lowest BCUT2D eigenvalue weighted by atomic mass is 9.86. The molecule has 1 aromatic rings. The summed E-state index contributed by atoms with van der Waals surface area (Å²) in [4.78, 5) is 0.0676. The molecule has 0 spiro atoms. The fraction of sp³-hybridized carbons (Fsp3) is 0.333. The van der Waals surface area contributed by atoms with Crippen LogP contribution < -0.4 is 0 Å². The summed E-state index contributed by atoms with van der Waals surface area (Å²) in [6, 6.07) is 4.95. The molecule has 86 valence electrons. The Labute approximate surface area is 94.7 Å². The number of benzene rings is 1. The Bertz CT molecular complexity index is 578. The maximum absolute atomic E-state index is 13.2. The maximum Gasteiger partial charge on any atom is 0.233 e. The highest BCUT2D eigenvalue weighted by molar-refractivity contribution is 7.95. The Morgan fingerprint density at radius 2 is 1.81 bits per heavy atom. The van der Waals surface area contributed by atoms with Crippen LogP contribution >= 0.6 is 0 Å². The molecule has 0 unspecified atom stereocenters. The van der Waals surface area contributed by atoms with Gasteiger partial charge in [-0.1, -0.05) is 26.8 Å². The van der Waals surface area contributed by atoms with E-state index in [9.17, 15) is 12.8 Å². The average molecular weight is 240 g/mol. The van der Waals surface area contributed by atoms with Gasteiger partial charge in [-0.2, -0.15) is 4.39 Å². The molecular weight excluding hydrogens is 227 g/mol. The molecule has 1 aliphatic rings. The molecule has 0 amide bonds. The zero-order valence-corrected chi connectivity index (χ0v) is 10.2. The molecule has 0 saturated heterocycles. The lowest BCUT2D eigenvalue weighted by molar-refractivity contribution is 0.580. The van der Waals surface area contributed by atoms with Crippen molar-refractivity contribution in [2.24, 2.45) is 0 Å². The first-order chi connectivity index (χ1) is 7.23. The van der Waals surface area contributed by atoms with Gasteiger partial charge in [-0.15, -0.1) is 0 Å². The normalized spacial score (nSPS) is 18.1. The molecule has 1 heterocycles. The van der Waals surface area contributed by atoms with Crippen LogP contribution in [0.15, 0.2) is 28.3 Å². The van der Waals surface area contributed by atoms with Gasteiger partial charge < -0.3 is 0 Å². The second-order valence-electron chi connectivity index (χ2n) is 4.95. The highest BCUT2D eigenvalue weighted by atomic mass is 32.2. The predicted octanol–water partition coefficient (Wildman–Crippen LogP) is 3.04. The Hall–Kier alpha value is -1.16. The van der Waals surface area contributed by atoms with Gasteiger partial charge in [0.05, 0.1) is 4.90 Å². The maximum atomic E-state index is 13.2. The summed E-state index contributed by atoms with van der Waals surface area (Å²) in [6.45, 7) is 6.08. The van der Waals surface area contributed by atoms with Gasteiger partial charge in [0.15, 0.2) is 0 Å². The third kappa shape index (κ3) is 1.57. The lowest BCUT2D eigenvalue weighted by Crippen LogP contribution is -2.11. The van der Waals surface area contributed by atoms with Crippen LogP contribution in [-0.2, 0) is 15.3 Å². The molecular formula is C12H13FO2S. The molecule has 0 aliphatic carbocycles. The van der Waals surface area contributed by atoms with Crippen molar-refractivity contribution in [1.29, 1.82) is 0 Å². The first kappa shape index (κ1) is 11.3. The van der Waals surface area contributed by atoms with Gasteiger partial charge in [-0.25, -0.2) is 8.42 Å². The SMILES string of the molecule is CC(C)(C)c1ccc2c(c1)C=C(F)S2(=O)=O. The number of rotatable bonds is 0. The second kappa shape index (κ2) is 3.17. The highest BCUT2D eigenvalue weighted by Gasteiger charge is 2.30. The third-order valence-corrected chi connectivity index (χ3v) is 4.27. The Kier molecular flexibility index (Phi) is 2.24. The highest BCUT2D eigenvalue weighted by Crippen LogP contribution is 2.36. The molecule has 0 bridgehead atoms. The van der Waals surface area contributed by atoms with E-state index in [1.807, 2.05) is 20.8 Å². The van der Waals surface area contributed by atoms with Crippen molar-refractivity contribution in [3.05, 3.63) is 34.5 Å². The number of sulfone groups is 1. The second-order valence-corrected chi connectivity index (χ2v) is 6.79. The molecule has 0 saturated carbocycles. The summed E-state index contributed by atoms with van der Waals surface area (Å²) < 4.78 is 36.2. The topological polar surface area (TPSA) is 34.1 Å². The van der Waals surface area contributed by atoms with Crippen LogP contribution in [0.4, 0.5) is 4.39 Å². The van der Waals surface area contributed by atoms with Crippen molar-refractivity contribution in [1.82, 2.24) is 0 Å². The quantitative estimate of drug-likeness (QED) is 0.698. The molecule has 2 nitrogen and oxygen atoms in total. The van der Waals surface area contributed by atoms with E-state index in [1.54, 1.807) is 12.1 Å². The van der Waals surface area contributed by atoms with E-state index < -0.39 is 15.0 Å². The molecule has 0 aromatic heterocycles. The summed E-state index contributed by atoms with van der Waals surface area (Å²) in [5, 5.41) is -1.06. The van der Waals surface area contributed by atoms with Crippen LogP contribution in [0.5, 0.6) is 0 Å². The average Bonchev–Trinajstić information content (AvgIpc) is 2.36. The van der Waals surface area contributed by atoms with Crippen LogP contribution in [0.25, 0.3) is 6.08 Å². The number of halogens is 1. The van der Waals surface area contributed by atoms with Crippen molar-refractivity contribution >= 4 is 15.9 Å². The molecule has 2 rings (SSSR count). The molecule has 0 atom stereocenters. The largest absolute Gasteiger partial charge is 0.233 e. The van der Waals surface area contributed by atoms with E-state index in [2.05, 4.69) is 0 Å². The first-order valence-electron chi connectivity index (χ1n) is 5.00. The zero-order valence-electron chi connectivity index (χ0n) is 9.41. The van der Waals surface area contributed by atoms with Crippen molar-refractivity contribution in [2.45, 2.75) is 31.1 Å². The first-order valence-corrected chi connectivity index (χ1v) is 6.48. The number of hydrogen-bond donors (Lipinski definition) is 0. The summed E-state index contributed by atoms with van der Waals surface area (Å²) in [7, 11) is -3.85. The van der Waals surface area contributed by atoms with Gasteiger partial charge >= 0.3 is 0 Å². The van der Waals surface area contributed by atoms with Crippen molar-refractivity contribution in [3.8, 4) is 0 Å². The molecule has 4 heteroatoms. The van der Waals surface area contributed by atoms with Crippen LogP contribution in [0.1, 0.15) is 31.9 Å². The fourth-order valence-corrected chi connectivity index (χ4v) is 2.84. The predicted molar refractivity (Wildman–Crippen MR) is 61.4 cm³/mol. The Morgan fingerprint density at radius 3 is 2.38 bits per heavy atom. The van der Waals surface area contributed by atoms with Gasteiger partial charge in [-0.05, 0) is 34.8 Å². The van der Waals surface area contributed by atoms with Crippen molar-refractivity contribution in [3.63, 3.8) is 0 Å². The van der Waals surface area contributed by atoms with Gasteiger partial charge in [-0.3, -0.25) is 0 Å². The van der Waals surface area contributed by atoms with Gasteiger partial charge in [0.1, 0.15) is 0 Å². The van der Waals surface area contributed by atoms with Gasteiger partial charge in [0.2, 0.25) is 15.0 Å². The molecule has 1 aromatic carbocycles. The molecule has 0 radical (unpaired) electrons. The Morgan fingerprint density at radius 1 is 1.19 bits per heavy atom. The van der Waals surface area contributed by atoms with E-state index >= 15 is 0 Å². The van der Waals surface area contributed by atoms with Crippen LogP contribution in [-0.4, -0.2) is 8.42 Å². The van der Waals surface area contributed by atoms with Crippen molar-refractivity contribution in [2.75, 3.05) is 0 Å². The summed E-state index contributed by atoms with van der Waals surface area (Å²) in [5.74, 6) is 0. The van der Waals surface area contributed by atoms with E-state index in [1.165, 1.54) is 6.07 Å². The molecule has 1 aliphatic heterocycles. The van der Waals surface area contributed by atoms with E-state index in [-0.39, 0.29) is 10.3 Å². The van der Waals surface area contributed by atoms with Crippen LogP contribution in [0, 0.1) is 0 Å². The zero-order chi connectivity index (χ0) is 12.1. The van der Waals surface area contributed by atoms with E-state index in [4.69, 9.17) is 0 Å². The summed E-state index contributed by atoms with van der Waals surface area (Å²) in [6.07, 6.45) is 1.08. The minimum Gasteiger partial charge on any atom is -0.216 e. The van der Waals surface area contributed by atoms with Crippen LogP contribution in [0.2, 0.25) is 0 Å². The summed E-state index contributed by atoms with van der Waals surface area (Å²) >= 11 is 0. The minimum atomic E-state index is -3.85. The number of fused-ring (bicyclic) bond motifs is 1. The smallest absolute Gasteiger partial charge is 0.216 e. The van der Waals surface area contributed by atoms with Crippen molar-refractivity contribution < 1.29 is 12.8 Å². The molecule has 16 heavy (non-hydrogen) atoms. The van der Waals surface area contributed by atoms with Gasteiger partial charge in [0.25, 0.3) is 0 Å².